The van der Waals surface area contributed by atoms with Gasteiger partial charge in [0.25, 0.3) is 5.91 Å². The van der Waals surface area contributed by atoms with Crippen LogP contribution >= 0.6 is 22.7 Å². The van der Waals surface area contributed by atoms with Crippen LogP contribution in [0.15, 0.2) is 77.5 Å². The van der Waals surface area contributed by atoms with Crippen molar-refractivity contribution in [1.82, 2.24) is 9.97 Å². The van der Waals surface area contributed by atoms with Crippen LogP contribution in [0, 0.1) is 6.92 Å². The average molecular weight is 428 g/mol. The predicted octanol–water partition coefficient (Wildman–Crippen LogP) is 6.65. The fourth-order valence-electron chi connectivity index (χ4n) is 3.51. The van der Waals surface area contributed by atoms with Crippen LogP contribution in [0.25, 0.3) is 32.7 Å². The fraction of sp³-hybridized carbons (Fsp3) is 0.0417. The molecule has 5 aromatic rings. The van der Waals surface area contributed by atoms with Crippen molar-refractivity contribution in [1.29, 1.82) is 0 Å². The maximum absolute atomic E-state index is 13.4. The standard InChI is InChI=1S/C24H17N3OS2/c1-15-21(23(28)27-24-26-19(14-30-24)20-12-7-13-29-20)17-10-5-6-11-18(17)25-22(15)16-8-3-2-4-9-16/h2-14H,1H3,(H,26,27,28). The van der Waals surface area contributed by atoms with E-state index < -0.39 is 0 Å². The van der Waals surface area contributed by atoms with E-state index in [-0.39, 0.29) is 5.91 Å². The number of pyridine rings is 1. The van der Waals surface area contributed by atoms with Gasteiger partial charge in [0, 0.05) is 16.3 Å². The Morgan fingerprint density at radius 1 is 0.900 bits per heavy atom. The van der Waals surface area contributed by atoms with Crippen molar-refractivity contribution in [3.8, 4) is 21.8 Å². The summed E-state index contributed by atoms with van der Waals surface area (Å²) in [6.45, 7) is 1.95. The van der Waals surface area contributed by atoms with Gasteiger partial charge in [-0.25, -0.2) is 9.97 Å². The van der Waals surface area contributed by atoms with E-state index in [1.54, 1.807) is 11.3 Å². The first kappa shape index (κ1) is 18.7. The maximum atomic E-state index is 13.4. The van der Waals surface area contributed by atoms with E-state index in [9.17, 15) is 4.79 Å². The summed E-state index contributed by atoms with van der Waals surface area (Å²) in [5.41, 5.74) is 4.97. The Hall–Kier alpha value is -3.35. The molecule has 3 heterocycles. The number of nitrogens with one attached hydrogen (secondary N) is 1. The predicted molar refractivity (Wildman–Crippen MR) is 125 cm³/mol. The van der Waals surface area contributed by atoms with Gasteiger partial charge in [-0.05, 0) is 30.0 Å². The summed E-state index contributed by atoms with van der Waals surface area (Å²) >= 11 is 3.06. The molecule has 1 N–H and O–H groups in total. The van der Waals surface area contributed by atoms with Crippen LogP contribution < -0.4 is 5.32 Å². The molecule has 0 atom stereocenters. The molecule has 0 saturated carbocycles. The lowest BCUT2D eigenvalue weighted by atomic mass is 9.97. The topological polar surface area (TPSA) is 54.9 Å². The number of amides is 1. The summed E-state index contributed by atoms with van der Waals surface area (Å²) in [5.74, 6) is -0.171. The number of hydrogen-bond donors (Lipinski definition) is 1. The monoisotopic (exact) mass is 427 g/mol. The normalized spacial score (nSPS) is 11.0. The second-order valence-corrected chi connectivity index (χ2v) is 8.62. The molecule has 4 nitrogen and oxygen atoms in total. The molecule has 30 heavy (non-hydrogen) atoms. The average Bonchev–Trinajstić information content (AvgIpc) is 3.46. The summed E-state index contributed by atoms with van der Waals surface area (Å²) in [7, 11) is 0. The minimum Gasteiger partial charge on any atom is -0.298 e. The van der Waals surface area contributed by atoms with E-state index in [0.29, 0.717) is 10.7 Å². The van der Waals surface area contributed by atoms with Crippen molar-refractivity contribution in [3.05, 3.63) is 88.6 Å². The summed E-state index contributed by atoms with van der Waals surface area (Å²) in [6, 6.07) is 21.7. The second kappa shape index (κ2) is 7.82. The third-order valence-corrected chi connectivity index (χ3v) is 6.56. The summed E-state index contributed by atoms with van der Waals surface area (Å²) in [5, 5.41) is 8.41. The van der Waals surface area contributed by atoms with Crippen LogP contribution in [0.2, 0.25) is 0 Å². The first-order chi connectivity index (χ1) is 14.7. The van der Waals surface area contributed by atoms with Gasteiger partial charge in [0.2, 0.25) is 0 Å². The second-order valence-electron chi connectivity index (χ2n) is 6.81. The molecule has 0 unspecified atom stereocenters. The number of aromatic nitrogens is 2. The van der Waals surface area contributed by atoms with Crippen molar-refractivity contribution in [2.24, 2.45) is 0 Å². The zero-order chi connectivity index (χ0) is 20.5. The van der Waals surface area contributed by atoms with Gasteiger partial charge in [0.15, 0.2) is 5.13 Å². The molecule has 0 bridgehead atoms. The van der Waals surface area contributed by atoms with Crippen LogP contribution in [0.1, 0.15) is 15.9 Å². The smallest absolute Gasteiger partial charge is 0.258 e. The molecule has 0 fully saturated rings. The number of thiazole rings is 1. The van der Waals surface area contributed by atoms with Gasteiger partial charge in [-0.2, -0.15) is 0 Å². The van der Waals surface area contributed by atoms with E-state index in [0.717, 1.165) is 38.3 Å². The molecular formula is C24H17N3OS2. The molecule has 3 aromatic heterocycles. The molecule has 146 valence electrons. The molecule has 5 rings (SSSR count). The van der Waals surface area contributed by atoms with Crippen molar-refractivity contribution < 1.29 is 4.79 Å². The van der Waals surface area contributed by atoms with E-state index in [2.05, 4.69) is 10.3 Å². The highest BCUT2D eigenvalue weighted by Crippen LogP contribution is 2.32. The van der Waals surface area contributed by atoms with Gasteiger partial charge >= 0.3 is 0 Å². The van der Waals surface area contributed by atoms with Crippen molar-refractivity contribution in [3.63, 3.8) is 0 Å². The minimum absolute atomic E-state index is 0.171. The fourth-order valence-corrected chi connectivity index (χ4v) is 4.97. The first-order valence-electron chi connectivity index (χ1n) is 9.46. The molecule has 1 amide bonds. The van der Waals surface area contributed by atoms with Gasteiger partial charge in [-0.15, -0.1) is 22.7 Å². The van der Waals surface area contributed by atoms with Crippen LogP contribution in [-0.4, -0.2) is 15.9 Å². The Morgan fingerprint density at radius 2 is 1.70 bits per heavy atom. The summed E-state index contributed by atoms with van der Waals surface area (Å²) in [4.78, 5) is 23.9. The number of para-hydroxylation sites is 1. The van der Waals surface area contributed by atoms with E-state index in [4.69, 9.17) is 4.98 Å². The van der Waals surface area contributed by atoms with Crippen molar-refractivity contribution in [2.75, 3.05) is 5.32 Å². The zero-order valence-electron chi connectivity index (χ0n) is 16.1. The minimum atomic E-state index is -0.171. The quantitative estimate of drug-likeness (QED) is 0.349. The Labute approximate surface area is 181 Å². The van der Waals surface area contributed by atoms with Gasteiger partial charge in [-0.3, -0.25) is 10.1 Å². The molecule has 0 radical (unpaired) electrons. The molecule has 0 aliphatic rings. The Balaban J connectivity index is 1.57. The molecule has 6 heteroatoms. The van der Waals surface area contributed by atoms with Crippen molar-refractivity contribution >= 4 is 44.6 Å². The molecule has 0 aliphatic heterocycles. The molecular weight excluding hydrogens is 410 g/mol. The summed E-state index contributed by atoms with van der Waals surface area (Å²) < 4.78 is 0. The third kappa shape index (κ3) is 3.40. The number of nitrogens with zero attached hydrogens (tertiary/aromatic N) is 2. The third-order valence-electron chi connectivity index (χ3n) is 4.91. The number of anilines is 1. The molecule has 2 aromatic carbocycles. The zero-order valence-corrected chi connectivity index (χ0v) is 17.8. The number of carbonyl (C=O) groups is 1. The van der Waals surface area contributed by atoms with E-state index in [1.165, 1.54) is 11.3 Å². The Kier molecular flexibility index (Phi) is 4.86. The molecule has 0 aliphatic carbocycles. The summed E-state index contributed by atoms with van der Waals surface area (Å²) in [6.07, 6.45) is 0. The largest absolute Gasteiger partial charge is 0.298 e. The SMILES string of the molecule is Cc1c(-c2ccccc2)nc2ccccc2c1C(=O)Nc1nc(-c2cccs2)cs1. The van der Waals surface area contributed by atoms with Crippen LogP contribution in [0.3, 0.4) is 0 Å². The lowest BCUT2D eigenvalue weighted by Gasteiger charge is -2.14. The van der Waals surface area contributed by atoms with Crippen LogP contribution in [-0.2, 0) is 0 Å². The van der Waals surface area contributed by atoms with Gasteiger partial charge in [0.1, 0.15) is 0 Å². The Bertz CT molecular complexity index is 1340. The highest BCUT2D eigenvalue weighted by molar-refractivity contribution is 7.16. The van der Waals surface area contributed by atoms with Gasteiger partial charge in [0.05, 0.1) is 27.3 Å². The van der Waals surface area contributed by atoms with Crippen LogP contribution in [0.4, 0.5) is 5.13 Å². The molecule has 0 saturated heterocycles. The Morgan fingerprint density at radius 3 is 2.50 bits per heavy atom. The lowest BCUT2D eigenvalue weighted by molar-refractivity contribution is 0.102. The van der Waals surface area contributed by atoms with E-state index >= 15 is 0 Å². The number of benzene rings is 2. The maximum Gasteiger partial charge on any atom is 0.258 e. The number of hydrogen-bond acceptors (Lipinski definition) is 5. The number of fused-ring (bicyclic) bond motifs is 1. The van der Waals surface area contributed by atoms with Crippen LogP contribution in [0.5, 0.6) is 0 Å². The van der Waals surface area contributed by atoms with Gasteiger partial charge < -0.3 is 0 Å². The highest BCUT2D eigenvalue weighted by atomic mass is 32.1. The lowest BCUT2D eigenvalue weighted by Crippen LogP contribution is -2.15. The molecule has 0 spiro atoms. The number of carbonyl (C=O) groups excluding carboxylic acids is 1. The number of thiophene rings is 1. The van der Waals surface area contributed by atoms with Gasteiger partial charge in [-0.1, -0.05) is 54.6 Å². The van der Waals surface area contributed by atoms with E-state index in [1.807, 2.05) is 84.4 Å². The number of rotatable bonds is 4. The first-order valence-corrected chi connectivity index (χ1v) is 11.2. The van der Waals surface area contributed by atoms with Crippen molar-refractivity contribution in [2.45, 2.75) is 6.92 Å². The highest BCUT2D eigenvalue weighted by Gasteiger charge is 2.20.